The van der Waals surface area contributed by atoms with E-state index in [1.54, 1.807) is 13.0 Å². The minimum Gasteiger partial charge on any atom is -0.437 e. The summed E-state index contributed by atoms with van der Waals surface area (Å²) in [6.07, 6.45) is 0.795. The van der Waals surface area contributed by atoms with Crippen LogP contribution in [0, 0.1) is 13.8 Å². The molecule has 100 valence electrons. The topological polar surface area (TPSA) is 86.0 Å². The monoisotopic (exact) mass is 259 g/mol. The largest absolute Gasteiger partial charge is 0.437 e. The Bertz CT molecular complexity index is 585. The first-order chi connectivity index (χ1) is 9.12. The van der Waals surface area contributed by atoms with E-state index < -0.39 is 0 Å². The fraction of sp³-hybridized carbons (Fsp3) is 0.308. The number of aryl methyl sites for hydroxylation is 3. The molecule has 0 aliphatic carbocycles. The first-order valence-corrected chi connectivity index (χ1v) is 6.09. The van der Waals surface area contributed by atoms with E-state index in [2.05, 4.69) is 20.4 Å². The molecule has 2 aromatic heterocycles. The van der Waals surface area contributed by atoms with Crippen molar-refractivity contribution >= 4 is 5.82 Å². The maximum atomic E-state index is 5.77. The van der Waals surface area contributed by atoms with Gasteiger partial charge in [0.05, 0.1) is 5.69 Å². The van der Waals surface area contributed by atoms with Gasteiger partial charge < -0.3 is 10.2 Å². The number of nitrogen functional groups attached to an aromatic ring is 1. The predicted octanol–water partition coefficient (Wildman–Crippen LogP) is 2.13. The second kappa shape index (κ2) is 5.62. The van der Waals surface area contributed by atoms with E-state index in [-0.39, 0.29) is 0 Å². The first-order valence-electron chi connectivity index (χ1n) is 6.09. The Labute approximate surface area is 112 Å². The number of rotatable bonds is 4. The maximum absolute atomic E-state index is 5.77. The zero-order chi connectivity index (χ0) is 13.8. The van der Waals surface area contributed by atoms with Crippen LogP contribution >= 0.6 is 0 Å². The summed E-state index contributed by atoms with van der Waals surface area (Å²) >= 11 is 0. The fourth-order valence-electron chi connectivity index (χ4n) is 1.72. The lowest BCUT2D eigenvalue weighted by molar-refractivity contribution is 0.451. The lowest BCUT2D eigenvalue weighted by atomic mass is 10.2. The van der Waals surface area contributed by atoms with Crippen LogP contribution in [0.1, 0.15) is 24.1 Å². The number of ether oxygens (including phenoxy) is 1. The average molecular weight is 259 g/mol. The van der Waals surface area contributed by atoms with Crippen LogP contribution in [0.2, 0.25) is 0 Å². The number of aromatic nitrogens is 3. The number of nitrogens with one attached hydrogen (secondary N) is 1. The number of nitrogens with zero attached hydrogens (tertiary/aromatic N) is 3. The molecule has 2 rings (SSSR count). The maximum Gasteiger partial charge on any atom is 0.224 e. The van der Waals surface area contributed by atoms with Crippen molar-refractivity contribution in [2.45, 2.75) is 27.2 Å². The van der Waals surface area contributed by atoms with Gasteiger partial charge in [0.2, 0.25) is 5.88 Å². The van der Waals surface area contributed by atoms with E-state index in [9.17, 15) is 0 Å². The molecule has 19 heavy (non-hydrogen) atoms. The number of anilines is 1. The third-order valence-corrected chi connectivity index (χ3v) is 2.58. The van der Waals surface area contributed by atoms with Crippen molar-refractivity contribution in [2.24, 2.45) is 5.84 Å². The van der Waals surface area contributed by atoms with Crippen LogP contribution in [0.5, 0.6) is 11.6 Å². The molecule has 2 heterocycles. The zero-order valence-electron chi connectivity index (χ0n) is 11.3. The second-order valence-electron chi connectivity index (χ2n) is 4.14. The Morgan fingerprint density at radius 2 is 2.00 bits per heavy atom. The van der Waals surface area contributed by atoms with Crippen LogP contribution in [0.25, 0.3) is 0 Å². The highest BCUT2D eigenvalue weighted by Crippen LogP contribution is 2.24. The summed E-state index contributed by atoms with van der Waals surface area (Å²) in [5.74, 6) is 7.60. The molecule has 2 aromatic rings. The third-order valence-electron chi connectivity index (χ3n) is 2.58. The van der Waals surface area contributed by atoms with Crippen LogP contribution in [0.3, 0.4) is 0 Å². The highest BCUT2D eigenvalue weighted by molar-refractivity contribution is 5.40. The number of nitrogens with two attached hydrogens (primary N) is 1. The van der Waals surface area contributed by atoms with Crippen molar-refractivity contribution in [3.63, 3.8) is 0 Å². The van der Waals surface area contributed by atoms with E-state index >= 15 is 0 Å². The summed E-state index contributed by atoms with van der Waals surface area (Å²) in [4.78, 5) is 12.8. The lowest BCUT2D eigenvalue weighted by Gasteiger charge is -2.10. The number of pyridine rings is 1. The van der Waals surface area contributed by atoms with Crippen molar-refractivity contribution in [3.8, 4) is 11.6 Å². The van der Waals surface area contributed by atoms with Crippen LogP contribution in [-0.2, 0) is 6.42 Å². The van der Waals surface area contributed by atoms with Crippen LogP contribution in [0.4, 0.5) is 5.82 Å². The van der Waals surface area contributed by atoms with Crippen molar-refractivity contribution in [3.05, 3.63) is 35.4 Å². The van der Waals surface area contributed by atoms with E-state index in [4.69, 9.17) is 10.6 Å². The molecule has 0 fully saturated rings. The minimum absolute atomic E-state index is 0.445. The van der Waals surface area contributed by atoms with E-state index in [1.165, 1.54) is 0 Å². The molecule has 0 radical (unpaired) electrons. The van der Waals surface area contributed by atoms with Gasteiger partial charge in [-0.3, -0.25) is 4.98 Å². The Kier molecular flexibility index (Phi) is 3.91. The molecular formula is C13H17N5O. The molecule has 0 saturated heterocycles. The van der Waals surface area contributed by atoms with Gasteiger partial charge in [0.25, 0.3) is 0 Å². The summed E-state index contributed by atoms with van der Waals surface area (Å²) in [7, 11) is 0. The van der Waals surface area contributed by atoms with E-state index in [0.717, 1.165) is 17.8 Å². The van der Waals surface area contributed by atoms with Gasteiger partial charge in [0.1, 0.15) is 11.6 Å². The Hall–Kier alpha value is -2.21. The minimum atomic E-state index is 0.445. The van der Waals surface area contributed by atoms with E-state index in [1.807, 2.05) is 26.0 Å². The number of hydrogen-bond donors (Lipinski definition) is 2. The summed E-state index contributed by atoms with van der Waals surface area (Å²) < 4.78 is 5.77. The second-order valence-corrected chi connectivity index (χ2v) is 4.14. The van der Waals surface area contributed by atoms with Crippen LogP contribution < -0.4 is 16.0 Å². The van der Waals surface area contributed by atoms with Gasteiger partial charge in [-0.15, -0.1) is 0 Å². The van der Waals surface area contributed by atoms with Gasteiger partial charge in [-0.25, -0.2) is 10.8 Å². The molecule has 0 atom stereocenters. The molecule has 6 heteroatoms. The van der Waals surface area contributed by atoms with Crippen molar-refractivity contribution in [1.29, 1.82) is 0 Å². The molecule has 0 unspecified atom stereocenters. The van der Waals surface area contributed by atoms with E-state index in [0.29, 0.717) is 23.3 Å². The normalized spacial score (nSPS) is 10.3. The van der Waals surface area contributed by atoms with Crippen molar-refractivity contribution in [1.82, 2.24) is 15.0 Å². The molecule has 6 nitrogen and oxygen atoms in total. The van der Waals surface area contributed by atoms with Crippen molar-refractivity contribution < 1.29 is 4.74 Å². The molecule has 3 N–H and O–H groups in total. The van der Waals surface area contributed by atoms with Crippen LogP contribution in [0.15, 0.2) is 18.2 Å². The van der Waals surface area contributed by atoms with Gasteiger partial charge in [-0.2, -0.15) is 4.98 Å². The summed E-state index contributed by atoms with van der Waals surface area (Å²) in [6, 6.07) is 5.45. The lowest BCUT2D eigenvalue weighted by Crippen LogP contribution is -2.10. The molecule has 0 saturated carbocycles. The molecule has 0 aliphatic rings. The van der Waals surface area contributed by atoms with Gasteiger partial charge in [0.15, 0.2) is 5.75 Å². The molecule has 0 aromatic carbocycles. The molecule has 0 amide bonds. The van der Waals surface area contributed by atoms with Crippen molar-refractivity contribution in [2.75, 3.05) is 5.43 Å². The smallest absolute Gasteiger partial charge is 0.224 e. The highest BCUT2D eigenvalue weighted by Gasteiger charge is 2.08. The summed E-state index contributed by atoms with van der Waals surface area (Å²) in [5.41, 5.74) is 4.35. The predicted molar refractivity (Wildman–Crippen MR) is 73.0 cm³/mol. The van der Waals surface area contributed by atoms with Gasteiger partial charge in [-0.1, -0.05) is 6.92 Å². The highest BCUT2D eigenvalue weighted by atomic mass is 16.5. The quantitative estimate of drug-likeness (QED) is 0.646. The number of hydrazine groups is 1. The molecular weight excluding hydrogens is 242 g/mol. The SMILES string of the molecule is CCc1nc(C)ccc1Oc1cc(NN)nc(C)n1. The molecule has 0 aliphatic heterocycles. The third kappa shape index (κ3) is 3.17. The van der Waals surface area contributed by atoms with Gasteiger partial charge in [-0.05, 0) is 32.4 Å². The molecule has 0 bridgehead atoms. The first kappa shape index (κ1) is 13.2. The fourth-order valence-corrected chi connectivity index (χ4v) is 1.72. The standard InChI is InChI=1S/C13H17N5O/c1-4-10-11(6-5-8(2)15-10)19-13-7-12(18-14)16-9(3)17-13/h5-7H,4,14H2,1-3H3,(H,16,17,18). The number of hydrogen-bond acceptors (Lipinski definition) is 6. The Morgan fingerprint density at radius 1 is 1.21 bits per heavy atom. The zero-order valence-corrected chi connectivity index (χ0v) is 11.3. The molecule has 0 spiro atoms. The van der Waals surface area contributed by atoms with Crippen LogP contribution in [-0.4, -0.2) is 15.0 Å². The summed E-state index contributed by atoms with van der Waals surface area (Å²) in [5, 5.41) is 0. The van der Waals surface area contributed by atoms with Gasteiger partial charge in [0, 0.05) is 11.8 Å². The van der Waals surface area contributed by atoms with Gasteiger partial charge >= 0.3 is 0 Å². The summed E-state index contributed by atoms with van der Waals surface area (Å²) in [6.45, 7) is 5.77. The Morgan fingerprint density at radius 3 is 2.68 bits per heavy atom. The Balaban J connectivity index is 2.33. The average Bonchev–Trinajstić information content (AvgIpc) is 2.40.